The van der Waals surface area contributed by atoms with Gasteiger partial charge >= 0.3 is 5.97 Å². The number of hydrogen-bond acceptors (Lipinski definition) is 4. The molecule has 0 fully saturated rings. The molecule has 2 N–H and O–H groups in total. The van der Waals surface area contributed by atoms with Crippen LogP contribution in [0, 0.1) is 5.92 Å². The van der Waals surface area contributed by atoms with E-state index in [0.29, 0.717) is 17.9 Å². The van der Waals surface area contributed by atoms with Crippen LogP contribution in [0.3, 0.4) is 0 Å². The summed E-state index contributed by atoms with van der Waals surface area (Å²) in [5.74, 6) is -1.52. The number of hydrogen-bond donors (Lipinski definition) is 2. The van der Waals surface area contributed by atoms with Gasteiger partial charge in [0, 0.05) is 26.1 Å². The van der Waals surface area contributed by atoms with Gasteiger partial charge in [-0.25, -0.2) is 0 Å². The molecule has 1 aromatic carbocycles. The van der Waals surface area contributed by atoms with Crippen molar-refractivity contribution in [2.24, 2.45) is 5.92 Å². The molecule has 7 nitrogen and oxygen atoms in total. The predicted molar refractivity (Wildman–Crippen MR) is 93.2 cm³/mol. The quantitative estimate of drug-likeness (QED) is 0.708. The molecule has 0 radical (unpaired) electrons. The third kappa shape index (κ3) is 6.45. The standard InChI is InChI=1S/C18H26N2O5/c1-5-25-16-9-7-6-8-14(16)15(19-13(3)21)10-17(22)20(4)11-12(2)18(23)24/h6-9,12,15H,5,10-11H2,1-4H3,(H,19,21)(H,23,24). The summed E-state index contributed by atoms with van der Waals surface area (Å²) in [6.07, 6.45) is 0.0203. The highest BCUT2D eigenvalue weighted by molar-refractivity contribution is 5.80. The summed E-state index contributed by atoms with van der Waals surface area (Å²) in [4.78, 5) is 36.4. The van der Waals surface area contributed by atoms with Gasteiger partial charge in [-0.05, 0) is 13.0 Å². The van der Waals surface area contributed by atoms with E-state index in [1.54, 1.807) is 26.1 Å². The van der Waals surface area contributed by atoms with Crippen LogP contribution in [-0.4, -0.2) is 48.0 Å². The van der Waals surface area contributed by atoms with Crippen molar-refractivity contribution < 1.29 is 24.2 Å². The molecule has 0 spiro atoms. The molecule has 1 rings (SSSR count). The number of carboxylic acids is 1. The summed E-state index contributed by atoms with van der Waals surface area (Å²) < 4.78 is 5.58. The van der Waals surface area contributed by atoms with E-state index in [2.05, 4.69) is 5.32 Å². The predicted octanol–water partition coefficient (Wildman–Crippen LogP) is 1.83. The van der Waals surface area contributed by atoms with Gasteiger partial charge in [0.25, 0.3) is 0 Å². The molecule has 0 aromatic heterocycles. The average molecular weight is 350 g/mol. The zero-order valence-electron chi connectivity index (χ0n) is 15.1. The van der Waals surface area contributed by atoms with E-state index >= 15 is 0 Å². The first kappa shape index (κ1) is 20.5. The van der Waals surface area contributed by atoms with Crippen LogP contribution in [-0.2, 0) is 14.4 Å². The molecule has 0 aliphatic heterocycles. The Balaban J connectivity index is 2.95. The van der Waals surface area contributed by atoms with Crippen molar-refractivity contribution in [3.05, 3.63) is 29.8 Å². The number of carbonyl (C=O) groups excluding carboxylic acids is 2. The van der Waals surface area contributed by atoms with E-state index in [9.17, 15) is 14.4 Å². The first-order valence-electron chi connectivity index (χ1n) is 8.21. The fraction of sp³-hybridized carbons (Fsp3) is 0.500. The first-order chi connectivity index (χ1) is 11.8. The monoisotopic (exact) mass is 350 g/mol. The molecular formula is C18H26N2O5. The van der Waals surface area contributed by atoms with Crippen molar-refractivity contribution in [2.45, 2.75) is 33.2 Å². The second kappa shape index (κ2) is 9.66. The topological polar surface area (TPSA) is 95.9 Å². The van der Waals surface area contributed by atoms with Crippen LogP contribution in [0.2, 0.25) is 0 Å². The van der Waals surface area contributed by atoms with Crippen molar-refractivity contribution in [1.82, 2.24) is 10.2 Å². The Labute approximate surface area is 148 Å². The number of aliphatic carboxylic acids is 1. The lowest BCUT2D eigenvalue weighted by molar-refractivity contribution is -0.142. The number of carboxylic acid groups (broad SMARTS) is 1. The zero-order chi connectivity index (χ0) is 19.0. The van der Waals surface area contributed by atoms with Crippen molar-refractivity contribution in [3.63, 3.8) is 0 Å². The van der Waals surface area contributed by atoms with Crippen molar-refractivity contribution in [3.8, 4) is 5.75 Å². The number of benzene rings is 1. The van der Waals surface area contributed by atoms with Crippen LogP contribution < -0.4 is 10.1 Å². The molecular weight excluding hydrogens is 324 g/mol. The molecule has 0 aliphatic carbocycles. The number of carbonyl (C=O) groups is 3. The van der Waals surface area contributed by atoms with Crippen molar-refractivity contribution in [1.29, 1.82) is 0 Å². The largest absolute Gasteiger partial charge is 0.494 e. The van der Waals surface area contributed by atoms with E-state index in [0.717, 1.165) is 0 Å². The lowest BCUT2D eigenvalue weighted by Gasteiger charge is -2.25. The van der Waals surface area contributed by atoms with Crippen LogP contribution >= 0.6 is 0 Å². The Bertz CT molecular complexity index is 617. The minimum Gasteiger partial charge on any atom is -0.494 e. The summed E-state index contributed by atoms with van der Waals surface area (Å²) in [7, 11) is 1.56. The molecule has 0 saturated carbocycles. The minimum absolute atomic E-state index is 0.0203. The van der Waals surface area contributed by atoms with Crippen molar-refractivity contribution in [2.75, 3.05) is 20.2 Å². The maximum absolute atomic E-state index is 12.5. The SMILES string of the molecule is CCOc1ccccc1C(CC(=O)N(C)CC(C)C(=O)O)NC(C)=O. The van der Waals surface area contributed by atoms with Gasteiger partial charge in [0.1, 0.15) is 5.75 Å². The molecule has 1 aromatic rings. The number of nitrogens with one attached hydrogen (secondary N) is 1. The molecule has 2 amide bonds. The number of amides is 2. The maximum Gasteiger partial charge on any atom is 0.308 e. The number of nitrogens with zero attached hydrogens (tertiary/aromatic N) is 1. The van der Waals surface area contributed by atoms with E-state index in [4.69, 9.17) is 9.84 Å². The highest BCUT2D eigenvalue weighted by Crippen LogP contribution is 2.28. The lowest BCUT2D eigenvalue weighted by Crippen LogP contribution is -2.37. The molecule has 0 bridgehead atoms. The van der Waals surface area contributed by atoms with E-state index in [1.165, 1.54) is 11.8 Å². The second-order valence-electron chi connectivity index (χ2n) is 5.94. The normalized spacial score (nSPS) is 12.8. The third-order valence-electron chi connectivity index (χ3n) is 3.75. The van der Waals surface area contributed by atoms with Crippen LogP contribution in [0.5, 0.6) is 5.75 Å². The van der Waals surface area contributed by atoms with Gasteiger partial charge in [0.15, 0.2) is 0 Å². The third-order valence-corrected chi connectivity index (χ3v) is 3.75. The van der Waals surface area contributed by atoms with E-state index < -0.39 is 17.9 Å². The summed E-state index contributed by atoms with van der Waals surface area (Å²) in [6, 6.07) is 6.68. The number of para-hydroxylation sites is 1. The first-order valence-corrected chi connectivity index (χ1v) is 8.21. The number of rotatable bonds is 9. The maximum atomic E-state index is 12.5. The van der Waals surface area contributed by atoms with Crippen LogP contribution in [0.1, 0.15) is 38.8 Å². The highest BCUT2D eigenvalue weighted by atomic mass is 16.5. The highest BCUT2D eigenvalue weighted by Gasteiger charge is 2.24. The van der Waals surface area contributed by atoms with Gasteiger partial charge in [-0.2, -0.15) is 0 Å². The summed E-state index contributed by atoms with van der Waals surface area (Å²) >= 11 is 0. The Morgan fingerprint density at radius 1 is 1.28 bits per heavy atom. The summed E-state index contributed by atoms with van der Waals surface area (Å²) in [5, 5.41) is 11.7. The Kier molecular flexibility index (Phi) is 7.91. The molecule has 2 unspecified atom stereocenters. The molecule has 0 heterocycles. The van der Waals surface area contributed by atoms with Gasteiger partial charge < -0.3 is 20.1 Å². The fourth-order valence-corrected chi connectivity index (χ4v) is 2.46. The Morgan fingerprint density at radius 3 is 2.48 bits per heavy atom. The fourth-order valence-electron chi connectivity index (χ4n) is 2.46. The van der Waals surface area contributed by atoms with E-state index in [-0.39, 0.29) is 24.8 Å². The molecule has 25 heavy (non-hydrogen) atoms. The Hall–Kier alpha value is -2.57. The van der Waals surface area contributed by atoms with Gasteiger partial charge in [0.05, 0.1) is 25.0 Å². The lowest BCUT2D eigenvalue weighted by atomic mass is 10.0. The van der Waals surface area contributed by atoms with Gasteiger partial charge in [-0.3, -0.25) is 14.4 Å². The zero-order valence-corrected chi connectivity index (χ0v) is 15.1. The smallest absolute Gasteiger partial charge is 0.308 e. The number of ether oxygens (including phenoxy) is 1. The summed E-state index contributed by atoms with van der Waals surface area (Å²) in [5.41, 5.74) is 0.715. The minimum atomic E-state index is -0.959. The molecule has 0 saturated heterocycles. The molecule has 0 aliphatic rings. The second-order valence-corrected chi connectivity index (χ2v) is 5.94. The van der Waals surface area contributed by atoms with Crippen molar-refractivity contribution >= 4 is 17.8 Å². The van der Waals surface area contributed by atoms with Crippen LogP contribution in [0.15, 0.2) is 24.3 Å². The summed E-state index contributed by atoms with van der Waals surface area (Å²) in [6.45, 7) is 5.36. The van der Waals surface area contributed by atoms with Gasteiger partial charge in [0.2, 0.25) is 11.8 Å². The van der Waals surface area contributed by atoms with Crippen LogP contribution in [0.25, 0.3) is 0 Å². The molecule has 2 atom stereocenters. The van der Waals surface area contributed by atoms with Gasteiger partial charge in [-0.1, -0.05) is 25.1 Å². The van der Waals surface area contributed by atoms with Crippen LogP contribution in [0.4, 0.5) is 0 Å². The Morgan fingerprint density at radius 2 is 1.92 bits per heavy atom. The molecule has 138 valence electrons. The van der Waals surface area contributed by atoms with E-state index in [1.807, 2.05) is 19.1 Å². The molecule has 7 heteroatoms. The van der Waals surface area contributed by atoms with Gasteiger partial charge in [-0.15, -0.1) is 0 Å². The average Bonchev–Trinajstić information content (AvgIpc) is 2.54.